The molecule has 0 saturated heterocycles. The molecule has 10 heteroatoms. The van der Waals surface area contributed by atoms with E-state index in [9.17, 15) is 4.79 Å². The average Bonchev–Trinajstić information content (AvgIpc) is 3.25. The number of amides is 1. The molecule has 0 aliphatic rings. The largest absolute Gasteiger partial charge is 0.350 e. The van der Waals surface area contributed by atoms with Gasteiger partial charge in [0, 0.05) is 35.4 Å². The smallest absolute Gasteiger partial charge is 0.270 e. The maximum Gasteiger partial charge on any atom is 0.270 e. The summed E-state index contributed by atoms with van der Waals surface area (Å²) in [4.78, 5) is 20.6. The number of hydrogen-bond acceptors (Lipinski definition) is 7. The van der Waals surface area contributed by atoms with Crippen LogP contribution >= 0.6 is 35.3 Å². The third-order valence-electron chi connectivity index (χ3n) is 3.32. The summed E-state index contributed by atoms with van der Waals surface area (Å²) in [5, 5.41) is 9.90. The minimum absolute atomic E-state index is 0. The Hall–Kier alpha value is -2.00. The van der Waals surface area contributed by atoms with Gasteiger partial charge in [-0.05, 0) is 18.7 Å². The normalized spacial score (nSPS) is 10.4. The predicted octanol–water partition coefficient (Wildman–Crippen LogP) is 2.74. The summed E-state index contributed by atoms with van der Waals surface area (Å²) >= 11 is 7.38. The standard InChI is InChI=1S/C16H16ClN5O2S.ClH/c17-11-3-1-2-10(8-11)15-21-13(24-22-15)5-7-19-16(23)12-9-25-14(20-12)4-6-18;/h1-3,8-9H,4-7,18H2,(H,19,23);1H. The molecule has 2 aromatic heterocycles. The number of carbonyl (C=O) groups is 1. The van der Waals surface area contributed by atoms with Gasteiger partial charge in [0.25, 0.3) is 5.91 Å². The lowest BCUT2D eigenvalue weighted by Gasteiger charge is -2.00. The minimum Gasteiger partial charge on any atom is -0.350 e. The van der Waals surface area contributed by atoms with E-state index in [1.807, 2.05) is 12.1 Å². The number of aromatic nitrogens is 3. The number of carbonyl (C=O) groups excluding carboxylic acids is 1. The van der Waals surface area contributed by atoms with Crippen LogP contribution in [-0.4, -0.2) is 34.1 Å². The first-order valence-electron chi connectivity index (χ1n) is 7.67. The number of nitrogens with two attached hydrogens (primary N) is 1. The molecule has 0 unspecified atom stereocenters. The summed E-state index contributed by atoms with van der Waals surface area (Å²) in [5.74, 6) is 0.682. The van der Waals surface area contributed by atoms with Gasteiger partial charge in [0.1, 0.15) is 5.69 Å². The molecule has 138 valence electrons. The molecular formula is C16H17Cl2N5O2S. The predicted molar refractivity (Wildman–Crippen MR) is 103 cm³/mol. The molecule has 0 aliphatic carbocycles. The molecule has 0 aliphatic heterocycles. The zero-order valence-corrected chi connectivity index (χ0v) is 16.0. The molecule has 1 aromatic carbocycles. The van der Waals surface area contributed by atoms with Crippen molar-refractivity contribution in [3.8, 4) is 11.4 Å². The van der Waals surface area contributed by atoms with Crippen LogP contribution in [0.4, 0.5) is 0 Å². The van der Waals surface area contributed by atoms with Crippen LogP contribution in [0.1, 0.15) is 21.4 Å². The second-order valence-corrected chi connectivity index (χ2v) is 6.57. The minimum atomic E-state index is -0.228. The molecule has 3 N–H and O–H groups in total. The van der Waals surface area contributed by atoms with Gasteiger partial charge in [0.2, 0.25) is 11.7 Å². The molecule has 0 saturated carbocycles. The van der Waals surface area contributed by atoms with Crippen LogP contribution in [0.25, 0.3) is 11.4 Å². The SMILES string of the molecule is Cl.NCCc1nc(C(=O)NCCc2nc(-c3cccc(Cl)c3)no2)cs1. The summed E-state index contributed by atoms with van der Waals surface area (Å²) in [5.41, 5.74) is 6.66. The first-order chi connectivity index (χ1) is 12.2. The van der Waals surface area contributed by atoms with E-state index in [0.29, 0.717) is 48.4 Å². The number of rotatable bonds is 7. The van der Waals surface area contributed by atoms with Crippen LogP contribution in [0, 0.1) is 0 Å². The van der Waals surface area contributed by atoms with Crippen molar-refractivity contribution in [1.29, 1.82) is 0 Å². The molecule has 0 bridgehead atoms. The Morgan fingerprint density at radius 2 is 2.15 bits per heavy atom. The molecule has 0 radical (unpaired) electrons. The highest BCUT2D eigenvalue weighted by molar-refractivity contribution is 7.09. The van der Waals surface area contributed by atoms with Gasteiger partial charge in [-0.15, -0.1) is 23.7 Å². The third kappa shape index (κ3) is 5.25. The van der Waals surface area contributed by atoms with Gasteiger partial charge in [-0.25, -0.2) is 4.98 Å². The Kier molecular flexibility index (Phi) is 7.52. The number of nitrogens with one attached hydrogen (secondary N) is 1. The van der Waals surface area contributed by atoms with Gasteiger partial charge in [0.15, 0.2) is 0 Å². The van der Waals surface area contributed by atoms with Gasteiger partial charge in [-0.2, -0.15) is 4.98 Å². The number of nitrogens with zero attached hydrogens (tertiary/aromatic N) is 3. The summed E-state index contributed by atoms with van der Waals surface area (Å²) in [6.45, 7) is 0.889. The van der Waals surface area contributed by atoms with Gasteiger partial charge >= 0.3 is 0 Å². The topological polar surface area (TPSA) is 107 Å². The highest BCUT2D eigenvalue weighted by Crippen LogP contribution is 2.19. The first-order valence-corrected chi connectivity index (χ1v) is 8.92. The van der Waals surface area contributed by atoms with Crippen LogP contribution in [0.5, 0.6) is 0 Å². The number of benzene rings is 1. The molecular weight excluding hydrogens is 397 g/mol. The van der Waals surface area contributed by atoms with Crippen LogP contribution in [-0.2, 0) is 12.8 Å². The van der Waals surface area contributed by atoms with Gasteiger partial charge in [-0.1, -0.05) is 28.9 Å². The van der Waals surface area contributed by atoms with Crippen LogP contribution < -0.4 is 11.1 Å². The fourth-order valence-electron chi connectivity index (χ4n) is 2.13. The number of halogens is 2. The van der Waals surface area contributed by atoms with Gasteiger partial charge < -0.3 is 15.6 Å². The molecule has 3 rings (SSSR count). The Morgan fingerprint density at radius 3 is 2.92 bits per heavy atom. The quantitative estimate of drug-likeness (QED) is 0.616. The summed E-state index contributed by atoms with van der Waals surface area (Å²) in [6.07, 6.45) is 1.10. The lowest BCUT2D eigenvalue weighted by atomic mass is 10.2. The summed E-state index contributed by atoms with van der Waals surface area (Å²) in [7, 11) is 0. The third-order valence-corrected chi connectivity index (χ3v) is 4.46. The van der Waals surface area contributed by atoms with E-state index >= 15 is 0 Å². The molecule has 1 amide bonds. The van der Waals surface area contributed by atoms with E-state index in [1.54, 1.807) is 17.5 Å². The van der Waals surface area contributed by atoms with Gasteiger partial charge in [0.05, 0.1) is 5.01 Å². The highest BCUT2D eigenvalue weighted by Gasteiger charge is 2.12. The van der Waals surface area contributed by atoms with Crippen molar-refractivity contribution >= 4 is 41.3 Å². The molecule has 2 heterocycles. The number of hydrogen-bond donors (Lipinski definition) is 2. The molecule has 3 aromatic rings. The summed E-state index contributed by atoms with van der Waals surface area (Å²) < 4.78 is 5.20. The van der Waals surface area contributed by atoms with Crippen molar-refractivity contribution in [1.82, 2.24) is 20.4 Å². The van der Waals surface area contributed by atoms with E-state index in [1.165, 1.54) is 11.3 Å². The summed E-state index contributed by atoms with van der Waals surface area (Å²) in [6, 6.07) is 7.21. The van der Waals surface area contributed by atoms with Crippen LogP contribution in [0.2, 0.25) is 5.02 Å². The maximum atomic E-state index is 12.0. The van der Waals surface area contributed by atoms with E-state index < -0.39 is 0 Å². The Bertz CT molecular complexity index is 868. The Labute approximate surface area is 165 Å². The lowest BCUT2D eigenvalue weighted by molar-refractivity contribution is 0.0949. The monoisotopic (exact) mass is 413 g/mol. The molecule has 26 heavy (non-hydrogen) atoms. The van der Waals surface area contributed by atoms with E-state index in [0.717, 1.165) is 10.6 Å². The maximum absolute atomic E-state index is 12.0. The fraction of sp³-hybridized carbons (Fsp3) is 0.250. The Balaban J connectivity index is 0.00000243. The van der Waals surface area contributed by atoms with Crippen LogP contribution in [0.3, 0.4) is 0 Å². The highest BCUT2D eigenvalue weighted by atomic mass is 35.5. The van der Waals surface area contributed by atoms with E-state index in [-0.39, 0.29) is 18.3 Å². The molecule has 0 spiro atoms. The van der Waals surface area contributed by atoms with Crippen molar-refractivity contribution in [2.75, 3.05) is 13.1 Å². The van der Waals surface area contributed by atoms with Crippen LogP contribution in [0.15, 0.2) is 34.2 Å². The molecule has 0 atom stereocenters. The average molecular weight is 414 g/mol. The van der Waals surface area contributed by atoms with Crippen molar-refractivity contribution in [2.24, 2.45) is 5.73 Å². The second-order valence-electron chi connectivity index (χ2n) is 5.19. The lowest BCUT2D eigenvalue weighted by Crippen LogP contribution is -2.26. The molecule has 7 nitrogen and oxygen atoms in total. The van der Waals surface area contributed by atoms with Gasteiger partial charge in [-0.3, -0.25) is 4.79 Å². The zero-order valence-electron chi connectivity index (χ0n) is 13.6. The zero-order chi connectivity index (χ0) is 17.6. The Morgan fingerprint density at radius 1 is 1.31 bits per heavy atom. The fourth-order valence-corrected chi connectivity index (χ4v) is 3.11. The van der Waals surface area contributed by atoms with Crippen molar-refractivity contribution in [2.45, 2.75) is 12.8 Å². The second kappa shape index (κ2) is 9.63. The van der Waals surface area contributed by atoms with E-state index in [4.69, 9.17) is 21.9 Å². The first kappa shape index (κ1) is 20.3. The van der Waals surface area contributed by atoms with E-state index in [2.05, 4.69) is 20.4 Å². The number of thiazole rings is 1. The molecule has 0 fully saturated rings. The van der Waals surface area contributed by atoms with Crippen molar-refractivity contribution < 1.29 is 9.32 Å². The van der Waals surface area contributed by atoms with Crippen molar-refractivity contribution in [3.63, 3.8) is 0 Å². The van der Waals surface area contributed by atoms with Crippen molar-refractivity contribution in [3.05, 3.63) is 51.3 Å².